The summed E-state index contributed by atoms with van der Waals surface area (Å²) >= 11 is 0. The Labute approximate surface area is 231 Å². The van der Waals surface area contributed by atoms with Crippen LogP contribution in [0.15, 0.2) is 48.8 Å². The first-order valence-corrected chi connectivity index (χ1v) is 13.3. The molecule has 6 rings (SSSR count). The van der Waals surface area contributed by atoms with Crippen molar-refractivity contribution >= 4 is 28.7 Å². The van der Waals surface area contributed by atoms with Gasteiger partial charge >= 0.3 is 0 Å². The number of pyridine rings is 2. The number of hydrogen-bond acceptors (Lipinski definition) is 8. The SMILES string of the molecule is CN(C)Cc1nc(Nc2ccc(-c3cnc4cc(F)ccn34)c3c2C(=O)NC3)ccc1N1CCC(O)(CO)CC1. The van der Waals surface area contributed by atoms with E-state index in [2.05, 4.69) is 20.5 Å². The van der Waals surface area contributed by atoms with E-state index in [1.807, 2.05) is 47.7 Å². The summed E-state index contributed by atoms with van der Waals surface area (Å²) in [5.41, 5.74) is 5.00. The fraction of sp³-hybridized carbons (Fsp3) is 0.345. The van der Waals surface area contributed by atoms with Gasteiger partial charge in [0, 0.05) is 44.0 Å². The van der Waals surface area contributed by atoms with Crippen molar-refractivity contribution in [1.29, 1.82) is 0 Å². The molecule has 1 amide bonds. The molecule has 4 aromatic rings. The van der Waals surface area contributed by atoms with Gasteiger partial charge in [-0.2, -0.15) is 0 Å². The second-order valence-corrected chi connectivity index (χ2v) is 10.8. The number of aromatic nitrogens is 3. The molecule has 5 heterocycles. The summed E-state index contributed by atoms with van der Waals surface area (Å²) in [5.74, 6) is 0.0869. The van der Waals surface area contributed by atoms with Crippen LogP contribution in [0.5, 0.6) is 0 Å². The van der Waals surface area contributed by atoms with Gasteiger partial charge in [-0.15, -0.1) is 0 Å². The van der Waals surface area contributed by atoms with Crippen molar-refractivity contribution in [2.24, 2.45) is 0 Å². The summed E-state index contributed by atoms with van der Waals surface area (Å²) in [6, 6.07) is 10.5. The van der Waals surface area contributed by atoms with Gasteiger partial charge in [-0.3, -0.25) is 9.20 Å². The van der Waals surface area contributed by atoms with Crippen LogP contribution in [-0.2, 0) is 13.1 Å². The van der Waals surface area contributed by atoms with Crippen LogP contribution in [-0.4, -0.2) is 74.8 Å². The van der Waals surface area contributed by atoms with Crippen molar-refractivity contribution < 1.29 is 19.4 Å². The lowest BCUT2D eigenvalue weighted by Gasteiger charge is -2.39. The summed E-state index contributed by atoms with van der Waals surface area (Å²) in [5, 5.41) is 26.3. The average molecular weight is 546 g/mol. The lowest BCUT2D eigenvalue weighted by molar-refractivity contribution is -0.0326. The molecule has 0 radical (unpaired) electrons. The predicted molar refractivity (Wildman–Crippen MR) is 150 cm³/mol. The molecule has 2 aliphatic rings. The van der Waals surface area contributed by atoms with Gasteiger partial charge in [0.15, 0.2) is 0 Å². The molecule has 4 N–H and O–H groups in total. The molecule has 1 fully saturated rings. The van der Waals surface area contributed by atoms with Crippen LogP contribution in [0.2, 0.25) is 0 Å². The molecule has 10 nitrogen and oxygen atoms in total. The third kappa shape index (κ3) is 4.76. The van der Waals surface area contributed by atoms with E-state index in [1.165, 1.54) is 12.1 Å². The van der Waals surface area contributed by atoms with Crippen LogP contribution in [0.3, 0.4) is 0 Å². The van der Waals surface area contributed by atoms with E-state index in [-0.39, 0.29) is 18.3 Å². The zero-order valence-electron chi connectivity index (χ0n) is 22.5. The molecular formula is C29H32FN7O3. The van der Waals surface area contributed by atoms with Crippen LogP contribution in [0.1, 0.15) is 34.5 Å². The van der Waals surface area contributed by atoms with Crippen LogP contribution in [0.4, 0.5) is 21.6 Å². The van der Waals surface area contributed by atoms with Crippen molar-refractivity contribution in [2.45, 2.75) is 31.5 Å². The highest BCUT2D eigenvalue weighted by atomic mass is 19.1. The van der Waals surface area contributed by atoms with Gasteiger partial charge in [-0.25, -0.2) is 14.4 Å². The minimum Gasteiger partial charge on any atom is -0.393 e. The number of amides is 1. The molecule has 208 valence electrons. The Morgan fingerprint density at radius 2 is 1.98 bits per heavy atom. The third-order valence-corrected chi connectivity index (χ3v) is 7.72. The summed E-state index contributed by atoms with van der Waals surface area (Å²) in [7, 11) is 3.97. The normalized spacial score (nSPS) is 16.4. The second kappa shape index (κ2) is 10.2. The highest BCUT2D eigenvalue weighted by Crippen LogP contribution is 2.36. The monoisotopic (exact) mass is 545 g/mol. The molecule has 11 heteroatoms. The van der Waals surface area contributed by atoms with Crippen LogP contribution in [0.25, 0.3) is 16.9 Å². The summed E-state index contributed by atoms with van der Waals surface area (Å²) < 4.78 is 15.5. The Morgan fingerprint density at radius 3 is 2.73 bits per heavy atom. The third-order valence-electron chi connectivity index (χ3n) is 7.72. The summed E-state index contributed by atoms with van der Waals surface area (Å²) in [6.07, 6.45) is 4.30. The maximum Gasteiger partial charge on any atom is 0.254 e. The zero-order valence-corrected chi connectivity index (χ0v) is 22.5. The molecule has 0 saturated carbocycles. The molecule has 0 unspecified atom stereocenters. The molecule has 0 aliphatic carbocycles. The Kier molecular flexibility index (Phi) is 6.65. The molecule has 0 atom stereocenters. The van der Waals surface area contributed by atoms with Crippen LogP contribution in [0, 0.1) is 5.82 Å². The first kappa shape index (κ1) is 26.2. The number of fused-ring (bicyclic) bond motifs is 2. The molecular weight excluding hydrogens is 513 g/mol. The molecule has 1 aromatic carbocycles. The quantitative estimate of drug-likeness (QED) is 0.280. The highest BCUT2D eigenvalue weighted by Gasteiger charge is 2.33. The number of carbonyl (C=O) groups excluding carboxylic acids is 1. The van der Waals surface area contributed by atoms with E-state index < -0.39 is 5.60 Å². The number of nitrogens with zero attached hydrogens (tertiary/aromatic N) is 5. The van der Waals surface area contributed by atoms with E-state index in [9.17, 15) is 19.4 Å². The van der Waals surface area contributed by atoms with E-state index in [0.717, 1.165) is 28.2 Å². The fourth-order valence-electron chi connectivity index (χ4n) is 5.57. The number of piperidine rings is 1. The maximum absolute atomic E-state index is 13.7. The number of halogens is 1. The standard InChI is InChI=1S/C29H32FN7O3/c1-35(2)16-22-23(36-11-8-29(40,17-38)9-12-36)5-6-25(34-22)33-21-4-3-19(20-14-32-28(39)27(20)21)24-15-31-26-13-18(30)7-10-37(24)26/h3-7,10,13,15,38,40H,8-9,11-12,14,16-17H2,1-2H3,(H,32,39)(H,33,34). The largest absolute Gasteiger partial charge is 0.393 e. The van der Waals surface area contributed by atoms with Gasteiger partial charge in [0.25, 0.3) is 5.91 Å². The van der Waals surface area contributed by atoms with Crippen molar-refractivity contribution in [2.75, 3.05) is 44.0 Å². The first-order chi connectivity index (χ1) is 19.2. The van der Waals surface area contributed by atoms with Gasteiger partial charge < -0.3 is 30.6 Å². The van der Waals surface area contributed by atoms with Crippen LogP contribution >= 0.6 is 0 Å². The van der Waals surface area contributed by atoms with Crippen LogP contribution < -0.4 is 15.5 Å². The minimum atomic E-state index is -1.03. The van der Waals surface area contributed by atoms with Crippen molar-refractivity contribution in [3.05, 3.63) is 71.4 Å². The molecule has 0 spiro atoms. The number of anilines is 3. The van der Waals surface area contributed by atoms with E-state index in [0.29, 0.717) is 61.7 Å². The summed E-state index contributed by atoms with van der Waals surface area (Å²) in [4.78, 5) is 26.5. The number of rotatable bonds is 7. The number of benzene rings is 1. The van der Waals surface area contributed by atoms with Crippen molar-refractivity contribution in [3.63, 3.8) is 0 Å². The van der Waals surface area contributed by atoms with Gasteiger partial charge in [0.1, 0.15) is 17.3 Å². The molecule has 2 aliphatic heterocycles. The Balaban J connectivity index is 1.33. The number of carbonyl (C=O) groups is 1. The van der Waals surface area contributed by atoms with Gasteiger partial charge in [-0.1, -0.05) is 6.07 Å². The second-order valence-electron chi connectivity index (χ2n) is 10.8. The molecule has 40 heavy (non-hydrogen) atoms. The lowest BCUT2D eigenvalue weighted by Crippen LogP contribution is -2.47. The van der Waals surface area contributed by atoms with E-state index in [1.54, 1.807) is 12.4 Å². The molecule has 0 bridgehead atoms. The van der Waals surface area contributed by atoms with Gasteiger partial charge in [0.05, 0.1) is 46.7 Å². The number of nitrogens with one attached hydrogen (secondary N) is 2. The van der Waals surface area contributed by atoms with Crippen molar-refractivity contribution in [3.8, 4) is 11.3 Å². The Hall–Kier alpha value is -4.06. The topological polar surface area (TPSA) is 118 Å². The lowest BCUT2D eigenvalue weighted by atomic mass is 9.92. The van der Waals surface area contributed by atoms with Crippen molar-refractivity contribution in [1.82, 2.24) is 24.6 Å². The number of aliphatic hydroxyl groups excluding tert-OH is 1. The molecule has 3 aromatic heterocycles. The smallest absolute Gasteiger partial charge is 0.254 e. The zero-order chi connectivity index (χ0) is 28.0. The minimum absolute atomic E-state index is 0.172. The predicted octanol–water partition coefficient (Wildman–Crippen LogP) is 2.91. The van der Waals surface area contributed by atoms with E-state index in [4.69, 9.17) is 4.98 Å². The Bertz CT molecular complexity index is 1590. The van der Waals surface area contributed by atoms with E-state index >= 15 is 0 Å². The number of imidazole rings is 1. The number of aliphatic hydroxyl groups is 2. The Morgan fingerprint density at radius 1 is 1.18 bits per heavy atom. The number of hydrogen-bond donors (Lipinski definition) is 4. The fourth-order valence-corrected chi connectivity index (χ4v) is 5.57. The highest BCUT2D eigenvalue weighted by molar-refractivity contribution is 6.06. The summed E-state index contributed by atoms with van der Waals surface area (Å²) in [6.45, 7) is 1.99. The van der Waals surface area contributed by atoms with Gasteiger partial charge in [-0.05, 0) is 56.8 Å². The average Bonchev–Trinajstić information content (AvgIpc) is 3.53. The molecule has 1 saturated heterocycles. The first-order valence-electron chi connectivity index (χ1n) is 13.3. The maximum atomic E-state index is 13.7. The van der Waals surface area contributed by atoms with Gasteiger partial charge in [0.2, 0.25) is 0 Å².